The highest BCUT2D eigenvalue weighted by Crippen LogP contribution is 2.32. The maximum Gasteiger partial charge on any atom is 0.332 e. The topological polar surface area (TPSA) is 545 Å². The van der Waals surface area contributed by atoms with Gasteiger partial charge in [-0.1, -0.05) is 177 Å². The summed E-state index contributed by atoms with van der Waals surface area (Å²) in [5.41, 5.74) is 6.49. The molecule has 1 aromatic heterocycles. The summed E-state index contributed by atoms with van der Waals surface area (Å²) in [5.74, 6) is -8.62. The lowest BCUT2D eigenvalue weighted by molar-refractivity contribution is -0.870. The molecular weight excluding hydrogens is 2310 g/mol. The van der Waals surface area contributed by atoms with Crippen molar-refractivity contribution >= 4 is 230 Å². The van der Waals surface area contributed by atoms with Gasteiger partial charge in [-0.2, -0.15) is 0 Å². The Morgan fingerprint density at radius 1 is 0.400 bits per heavy atom. The highest BCUT2D eigenvalue weighted by molar-refractivity contribution is 7.91. The molecule has 0 bridgehead atoms. The predicted octanol–water partition coefficient (Wildman–Crippen LogP) is 7.14. The van der Waals surface area contributed by atoms with E-state index in [0.717, 1.165) is 37.8 Å². The van der Waals surface area contributed by atoms with Crippen molar-refractivity contribution in [3.8, 4) is 0 Å². The minimum Gasteiger partial charge on any atom is -0.455 e. The molecule has 150 heavy (non-hydrogen) atoms. The Labute approximate surface area is 917 Å². The number of aromatic nitrogens is 2. The highest BCUT2D eigenvalue weighted by atomic mass is 35.5. The van der Waals surface area contributed by atoms with Crippen molar-refractivity contribution in [1.29, 1.82) is 0 Å². The fourth-order valence-corrected chi connectivity index (χ4v) is 16.1. The largest absolute Gasteiger partial charge is 0.455 e. The third-order valence-electron chi connectivity index (χ3n) is 19.8. The Balaban J connectivity index is 0.000000634. The number of carbonyl (C=O) groups is 11. The SMILES string of the molecule is CN(C)CCOCC(=O)O[C@H](c1ccc(S(C)(=O)=O)cc1)[C@@H](CF)NC(=O)C(Cl)Cl.CNCCOCC(=O)O[C@H](c1ccc(S(C)(=O)=O)cc1)[C@@H](CF)NC(=O)C(Cl)Cl.CS(=O)(=O)c1ccc([C@@H](OC(=O)CNC(=O)CN)[C@@H](CF)NC(=O)C(Cl)Cl)cc1.C[N+](C)(C)CCCC(=O)O[C@H](c1ccc(S(C)(=O)=O)cc1)[C@@H](CF)NC(=O)C(Cl)Cl.C[n+]1ccn(CCCC(=O)O[C@H](c2ccc(S(C)(=O)=O)cc2)[C@@H](CF)NC(=O)C(Cl)Cl)c1. The summed E-state index contributed by atoms with van der Waals surface area (Å²) in [5, 5.41) is 16.4. The normalized spacial score (nSPS) is 13.8. The van der Waals surface area contributed by atoms with Crippen LogP contribution in [0.4, 0.5) is 22.0 Å². The number of nitrogens with two attached hydrogens (primary N) is 1. The summed E-state index contributed by atoms with van der Waals surface area (Å²) in [4.78, 5) is 126. The second-order valence-corrected chi connectivity index (χ2v) is 49.2. The molecule has 0 unspecified atom stereocenters. The Hall–Kier alpha value is -8.46. The summed E-state index contributed by atoms with van der Waals surface area (Å²) in [6.07, 6.45) is 5.70. The van der Waals surface area contributed by atoms with E-state index in [1.807, 2.05) is 75.0 Å². The molecule has 0 spiro atoms. The lowest BCUT2D eigenvalue weighted by atomic mass is 10.0. The first-order valence-corrected chi connectivity index (χ1v) is 58.0. The number of quaternary nitrogens is 1. The molecular formula is C90H121Cl10F5N12O28S5+2. The Morgan fingerprint density at radius 3 is 0.873 bits per heavy atom. The molecule has 6 amide bonds. The maximum atomic E-state index is 13.8. The molecule has 6 aromatic rings. The van der Waals surface area contributed by atoms with E-state index in [9.17, 15) is 117 Å². The molecule has 60 heteroatoms. The van der Waals surface area contributed by atoms with Gasteiger partial charge in [0, 0.05) is 57.2 Å². The molecule has 0 radical (unpaired) electrons. The van der Waals surface area contributed by atoms with E-state index in [1.54, 1.807) is 7.05 Å². The van der Waals surface area contributed by atoms with Gasteiger partial charge in [-0.05, 0) is 116 Å². The molecule has 0 aliphatic rings. The number of imidazole rings is 1. The molecule has 40 nitrogen and oxygen atoms in total. The number of carbonyl (C=O) groups excluding carboxylic acids is 11. The lowest BCUT2D eigenvalue weighted by Crippen LogP contribution is -2.45. The van der Waals surface area contributed by atoms with Crippen molar-refractivity contribution in [3.63, 3.8) is 0 Å². The number of hydrogen-bond acceptors (Lipinski definition) is 31. The smallest absolute Gasteiger partial charge is 0.332 e. The number of nitrogens with zero attached hydrogens (tertiary/aromatic N) is 4. The number of sulfone groups is 5. The zero-order chi connectivity index (χ0) is 114. The Bertz CT molecular complexity index is 5920. The van der Waals surface area contributed by atoms with Gasteiger partial charge in [0.15, 0.2) is 73.4 Å². The third kappa shape index (κ3) is 53.6. The van der Waals surface area contributed by atoms with Crippen LogP contribution in [0.2, 0.25) is 0 Å². The molecule has 0 aliphatic carbocycles. The number of benzene rings is 5. The number of esters is 5. The van der Waals surface area contributed by atoms with Crippen LogP contribution in [0, 0.1) is 0 Å². The molecule has 6 rings (SSSR count). The summed E-state index contributed by atoms with van der Waals surface area (Å²) in [6.45, 7) is -4.22. The summed E-state index contributed by atoms with van der Waals surface area (Å²) in [7, 11) is -4.06. The predicted molar refractivity (Wildman–Crippen MR) is 552 cm³/mol. The average molecular weight is 2430 g/mol. The van der Waals surface area contributed by atoms with Crippen LogP contribution in [0.3, 0.4) is 0 Å². The number of nitrogens with one attached hydrogen (secondary N) is 7. The second-order valence-electron chi connectivity index (χ2n) is 33.6. The van der Waals surface area contributed by atoms with Crippen molar-refractivity contribution in [3.05, 3.63) is 168 Å². The number of aryl methyl sites for hydroxylation is 2. The number of rotatable bonds is 56. The second kappa shape index (κ2) is 68.0. The van der Waals surface area contributed by atoms with E-state index in [4.69, 9.17) is 155 Å². The molecule has 1 heterocycles. The van der Waals surface area contributed by atoms with Gasteiger partial charge in [0.1, 0.15) is 96.0 Å². The van der Waals surface area contributed by atoms with Gasteiger partial charge in [-0.3, -0.25) is 43.2 Å². The number of ether oxygens (including phenoxy) is 7. The minimum absolute atomic E-state index is 0.0102. The van der Waals surface area contributed by atoms with Crippen LogP contribution in [-0.2, 0) is 149 Å². The molecule has 842 valence electrons. The summed E-state index contributed by atoms with van der Waals surface area (Å²) < 4.78 is 227. The van der Waals surface area contributed by atoms with E-state index in [1.165, 1.54) is 121 Å². The number of halogens is 15. The minimum atomic E-state index is -3.49. The first kappa shape index (κ1) is 138. The zero-order valence-corrected chi connectivity index (χ0v) is 94.5. The third-order valence-corrected chi connectivity index (χ3v) is 27.5. The molecule has 5 aromatic carbocycles. The number of alkyl halides is 15. The van der Waals surface area contributed by atoms with Crippen molar-refractivity contribution in [2.45, 2.75) is 142 Å². The molecule has 0 saturated carbocycles. The number of amides is 6. The molecule has 0 fully saturated rings. The molecule has 0 aliphatic heterocycles. The lowest BCUT2D eigenvalue weighted by Gasteiger charge is -2.27. The Morgan fingerprint density at radius 2 is 0.653 bits per heavy atom. The van der Waals surface area contributed by atoms with Crippen LogP contribution in [0.1, 0.15) is 84.0 Å². The molecule has 10 atom stereocenters. The van der Waals surface area contributed by atoms with E-state index in [-0.39, 0.29) is 87.0 Å². The highest BCUT2D eigenvalue weighted by Gasteiger charge is 2.38. The van der Waals surface area contributed by atoms with Crippen molar-refractivity contribution in [2.24, 2.45) is 12.8 Å². The van der Waals surface area contributed by atoms with E-state index >= 15 is 0 Å². The van der Waals surface area contributed by atoms with Crippen molar-refractivity contribution < 1.29 is 159 Å². The number of hydrogen-bond donors (Lipinski definition) is 8. The van der Waals surface area contributed by atoms with E-state index < -0.39 is 239 Å². The van der Waals surface area contributed by atoms with Crippen LogP contribution >= 0.6 is 116 Å². The van der Waals surface area contributed by atoms with Gasteiger partial charge < -0.3 is 85.5 Å². The average Bonchev–Trinajstić information content (AvgIpc) is 0.890. The van der Waals surface area contributed by atoms with Crippen LogP contribution < -0.4 is 47.5 Å². The fraction of sp³-hybridized carbons (Fsp3) is 0.511. The van der Waals surface area contributed by atoms with E-state index in [2.05, 4.69) is 37.2 Å². The maximum absolute atomic E-state index is 13.8. The Kier molecular flexibility index (Phi) is 62.4. The standard InChI is InChI=1S/C20H24Cl2FN3O5S.C19H27Cl2FN2O5S.C18H25Cl2FN2O6S.C17H23Cl2FN2O6S.C16H20Cl2FN3O6S/c1-25-10-11-26(13-25)9-3-4-17(27)31-18(16(12-23)24-20(28)19(21)22)14-5-7-15(8-6-14)32(2,29)30;1-24(2,3)11-5-6-16(25)29-17(15(12-22)23-19(26)18(20)21)13-7-9-14(10-8-13)30(4,27)28;1-23(2)8-9-28-11-15(24)29-16(14(10-21)22-18(25)17(19)20)12-4-6-13(7-5-12)30(3,26)27;1-21-7-8-27-10-14(23)28-15(13(9-20)22-17(24)16(18)19)11-3-5-12(6-4-11)29(2,25)26;1-29(26,27)10-4-2-9(3-5-10)14(11(6-19)22-16(25)15(17)18)28-13(24)8-21-12(23)7-20/h5-8,10-11,13,16,18-19H,3-4,9,12H2,1-2H3;7-10,15,17-18H,5-6,11-12H2,1-4H3;4-7,14,16-17H,8-11H2,1-3H3,(H,22,25);3-6,13,15-16,21H,7-10H2,1-2H3,(H,22,24);2-5,11,14-15H,6-8,20H2,1H3,(H,21,23)(H,22,25)/p+2/t16-,18-;15-,17-;14-,16-;13-,15-;11-,14-/m11111/s1. The molecule has 0 saturated heterocycles. The summed E-state index contributed by atoms with van der Waals surface area (Å²) in [6, 6.07) is 20.2. The number of likely N-dealkylation sites (N-methyl/N-ethyl adjacent to an activating group) is 2. The van der Waals surface area contributed by atoms with Gasteiger partial charge in [-0.15, -0.1) is 0 Å². The first-order chi connectivity index (χ1) is 69.8. The van der Waals surface area contributed by atoms with Crippen LogP contribution in [0.25, 0.3) is 0 Å². The van der Waals surface area contributed by atoms with Crippen LogP contribution in [0.15, 0.2) is 165 Å². The van der Waals surface area contributed by atoms with Gasteiger partial charge in [0.25, 0.3) is 29.5 Å². The van der Waals surface area contributed by atoms with Gasteiger partial charge >= 0.3 is 29.8 Å². The van der Waals surface area contributed by atoms with Gasteiger partial charge in [0.05, 0.1) is 122 Å². The van der Waals surface area contributed by atoms with Gasteiger partial charge in [0.2, 0.25) is 12.2 Å². The van der Waals surface area contributed by atoms with Crippen LogP contribution in [0.5, 0.6) is 0 Å². The van der Waals surface area contributed by atoms with Gasteiger partial charge in [-0.25, -0.2) is 82.8 Å². The first-order valence-electron chi connectivity index (χ1n) is 44.2. The monoisotopic (exact) mass is 2420 g/mol. The van der Waals surface area contributed by atoms with Crippen molar-refractivity contribution in [2.75, 3.05) is 166 Å². The zero-order valence-electron chi connectivity index (χ0n) is 82.9. The van der Waals surface area contributed by atoms with Crippen LogP contribution in [-0.4, -0.2) is 342 Å². The molecule has 9 N–H and O–H groups in total. The van der Waals surface area contributed by atoms with E-state index in [0.29, 0.717) is 48.1 Å². The quantitative estimate of drug-likeness (QED) is 0.00357. The van der Waals surface area contributed by atoms with Crippen molar-refractivity contribution in [1.82, 2.24) is 46.7 Å². The summed E-state index contributed by atoms with van der Waals surface area (Å²) >= 11 is 55.0. The fourth-order valence-electron chi connectivity index (χ4n) is 12.3.